The van der Waals surface area contributed by atoms with Crippen LogP contribution in [0, 0.1) is 11.3 Å². The SMILES string of the molecule is COc1cc(/C=C(/C#N)C(N)=S)cc(Cl)c1OC. The number of nitrogens with two attached hydrogens (primary N) is 1. The molecule has 0 amide bonds. The average molecular weight is 283 g/mol. The second kappa shape index (κ2) is 6.24. The van der Waals surface area contributed by atoms with E-state index in [1.165, 1.54) is 20.3 Å². The van der Waals surface area contributed by atoms with Gasteiger partial charge in [0, 0.05) is 0 Å². The molecule has 0 saturated carbocycles. The zero-order valence-corrected chi connectivity index (χ0v) is 11.4. The molecule has 1 aromatic rings. The Morgan fingerprint density at radius 3 is 2.56 bits per heavy atom. The maximum atomic E-state index is 8.88. The molecule has 0 atom stereocenters. The quantitative estimate of drug-likeness (QED) is 0.522. The third-order valence-electron chi connectivity index (χ3n) is 2.15. The first kappa shape index (κ1) is 14.3. The zero-order valence-electron chi connectivity index (χ0n) is 9.86. The van der Waals surface area contributed by atoms with Crippen LogP contribution in [-0.2, 0) is 0 Å². The fourth-order valence-electron chi connectivity index (χ4n) is 1.35. The summed E-state index contributed by atoms with van der Waals surface area (Å²) in [6.45, 7) is 0. The Kier molecular flexibility index (Phi) is 4.95. The Morgan fingerprint density at radius 1 is 1.44 bits per heavy atom. The third kappa shape index (κ3) is 3.13. The van der Waals surface area contributed by atoms with E-state index in [0.717, 1.165) is 0 Å². The number of nitriles is 1. The van der Waals surface area contributed by atoms with Crippen LogP contribution in [0.3, 0.4) is 0 Å². The predicted octanol–water partition coefficient (Wildman–Crippen LogP) is 2.55. The highest BCUT2D eigenvalue weighted by Gasteiger charge is 2.10. The van der Waals surface area contributed by atoms with Crippen LogP contribution in [0.4, 0.5) is 0 Å². The number of nitrogens with zero attached hydrogens (tertiary/aromatic N) is 1. The molecule has 1 rings (SSSR count). The van der Waals surface area contributed by atoms with Gasteiger partial charge in [0.1, 0.15) is 11.1 Å². The van der Waals surface area contributed by atoms with Crippen LogP contribution >= 0.6 is 23.8 Å². The predicted molar refractivity (Wildman–Crippen MR) is 74.9 cm³/mol. The van der Waals surface area contributed by atoms with Crippen molar-refractivity contribution in [2.24, 2.45) is 5.73 Å². The van der Waals surface area contributed by atoms with Crippen molar-refractivity contribution < 1.29 is 9.47 Å². The van der Waals surface area contributed by atoms with Crippen molar-refractivity contribution >= 4 is 34.9 Å². The van der Waals surface area contributed by atoms with Gasteiger partial charge in [0.2, 0.25) is 0 Å². The molecule has 0 fully saturated rings. The molecule has 2 N–H and O–H groups in total. The number of methoxy groups -OCH3 is 2. The summed E-state index contributed by atoms with van der Waals surface area (Å²) >= 11 is 10.8. The number of hydrogen-bond acceptors (Lipinski definition) is 4. The largest absolute Gasteiger partial charge is 0.493 e. The summed E-state index contributed by atoms with van der Waals surface area (Å²) in [4.78, 5) is 0.0309. The van der Waals surface area contributed by atoms with Crippen molar-refractivity contribution in [1.82, 2.24) is 0 Å². The first-order valence-electron chi connectivity index (χ1n) is 4.86. The van der Waals surface area contributed by atoms with Crippen molar-refractivity contribution in [2.45, 2.75) is 0 Å². The fourth-order valence-corrected chi connectivity index (χ4v) is 1.75. The molecule has 94 valence electrons. The topological polar surface area (TPSA) is 68.3 Å². The van der Waals surface area contributed by atoms with Crippen molar-refractivity contribution in [2.75, 3.05) is 14.2 Å². The van der Waals surface area contributed by atoms with Gasteiger partial charge in [-0.3, -0.25) is 0 Å². The molecule has 0 radical (unpaired) electrons. The number of ether oxygens (including phenoxy) is 2. The first-order chi connectivity index (χ1) is 8.53. The summed E-state index contributed by atoms with van der Waals surface area (Å²) < 4.78 is 10.3. The molecule has 0 aromatic heterocycles. The first-order valence-corrected chi connectivity index (χ1v) is 5.65. The van der Waals surface area contributed by atoms with Crippen LogP contribution in [-0.4, -0.2) is 19.2 Å². The number of thiocarbonyl (C=S) groups is 1. The van der Waals surface area contributed by atoms with Crippen molar-refractivity contribution in [1.29, 1.82) is 5.26 Å². The summed E-state index contributed by atoms with van der Waals surface area (Å²) in [5.74, 6) is 0.904. The zero-order chi connectivity index (χ0) is 13.7. The van der Waals surface area contributed by atoms with Gasteiger partial charge < -0.3 is 15.2 Å². The monoisotopic (exact) mass is 282 g/mol. The molecule has 0 spiro atoms. The molecule has 0 saturated heterocycles. The summed E-state index contributed by atoms with van der Waals surface area (Å²) in [6.07, 6.45) is 1.54. The molecule has 0 unspecified atom stereocenters. The van der Waals surface area contributed by atoms with Crippen LogP contribution in [0.2, 0.25) is 5.02 Å². The Balaban J connectivity index is 3.33. The van der Waals surface area contributed by atoms with Crippen LogP contribution < -0.4 is 15.2 Å². The molecule has 6 heteroatoms. The van der Waals surface area contributed by atoms with Crippen molar-refractivity contribution in [3.8, 4) is 17.6 Å². The van der Waals surface area contributed by atoms with Crippen LogP contribution in [0.25, 0.3) is 6.08 Å². The smallest absolute Gasteiger partial charge is 0.179 e. The van der Waals surface area contributed by atoms with Gasteiger partial charge in [-0.1, -0.05) is 23.8 Å². The van der Waals surface area contributed by atoms with Gasteiger partial charge in [-0.15, -0.1) is 0 Å². The van der Waals surface area contributed by atoms with Gasteiger partial charge >= 0.3 is 0 Å². The summed E-state index contributed by atoms with van der Waals surface area (Å²) in [7, 11) is 3.00. The Morgan fingerprint density at radius 2 is 2.11 bits per heavy atom. The molecular formula is C12H11ClN2O2S. The molecule has 0 bridgehead atoms. The van der Waals surface area contributed by atoms with E-state index in [2.05, 4.69) is 0 Å². The van der Waals surface area contributed by atoms with E-state index < -0.39 is 0 Å². The van der Waals surface area contributed by atoms with Crippen LogP contribution in [0.15, 0.2) is 17.7 Å². The molecule has 4 nitrogen and oxygen atoms in total. The van der Waals surface area contributed by atoms with Gasteiger partial charge in [0.15, 0.2) is 11.5 Å². The van der Waals surface area contributed by atoms with E-state index in [9.17, 15) is 0 Å². The number of halogens is 1. The van der Waals surface area contributed by atoms with E-state index in [4.69, 9.17) is 44.3 Å². The lowest BCUT2D eigenvalue weighted by atomic mass is 10.1. The number of hydrogen-bond donors (Lipinski definition) is 1. The normalized spacial score (nSPS) is 10.7. The summed E-state index contributed by atoms with van der Waals surface area (Å²) in [5.41, 5.74) is 6.27. The molecule has 18 heavy (non-hydrogen) atoms. The maximum Gasteiger partial charge on any atom is 0.179 e. The lowest BCUT2D eigenvalue weighted by Crippen LogP contribution is -2.09. The lowest BCUT2D eigenvalue weighted by Gasteiger charge is -2.10. The van der Waals surface area contributed by atoms with E-state index >= 15 is 0 Å². The van der Waals surface area contributed by atoms with Gasteiger partial charge in [0.25, 0.3) is 0 Å². The minimum absolute atomic E-state index is 0.0309. The average Bonchev–Trinajstić information content (AvgIpc) is 2.34. The van der Waals surface area contributed by atoms with E-state index in [1.54, 1.807) is 12.1 Å². The standard InChI is InChI=1S/C12H11ClN2O2S/c1-16-10-5-7(3-8(6-14)12(15)18)4-9(13)11(10)17-2/h3-5H,1-2H3,(H2,15,18)/b8-3-. The van der Waals surface area contributed by atoms with Gasteiger partial charge in [-0.05, 0) is 23.8 Å². The maximum absolute atomic E-state index is 8.88. The molecule has 0 aliphatic carbocycles. The summed E-state index contributed by atoms with van der Waals surface area (Å²) in [6, 6.07) is 5.23. The minimum Gasteiger partial charge on any atom is -0.493 e. The molecule has 0 heterocycles. The van der Waals surface area contributed by atoms with E-state index in [0.29, 0.717) is 22.1 Å². The minimum atomic E-state index is 0.0309. The van der Waals surface area contributed by atoms with Crippen LogP contribution in [0.1, 0.15) is 5.56 Å². The van der Waals surface area contributed by atoms with Crippen molar-refractivity contribution in [3.05, 3.63) is 28.3 Å². The second-order valence-corrected chi connectivity index (χ2v) is 4.12. The highest BCUT2D eigenvalue weighted by Crippen LogP contribution is 2.36. The second-order valence-electron chi connectivity index (χ2n) is 3.27. The molecule has 1 aromatic carbocycles. The molecular weight excluding hydrogens is 272 g/mol. The Labute approximate surface area is 116 Å². The summed E-state index contributed by atoms with van der Waals surface area (Å²) in [5, 5.41) is 9.26. The Bertz CT molecular complexity index is 550. The Hall–Kier alpha value is -1.77. The van der Waals surface area contributed by atoms with Crippen LogP contribution in [0.5, 0.6) is 11.5 Å². The molecule has 0 aliphatic heterocycles. The third-order valence-corrected chi connectivity index (χ3v) is 2.65. The highest BCUT2D eigenvalue weighted by atomic mass is 35.5. The van der Waals surface area contributed by atoms with Crippen molar-refractivity contribution in [3.63, 3.8) is 0 Å². The van der Waals surface area contributed by atoms with E-state index in [-0.39, 0.29) is 10.6 Å². The van der Waals surface area contributed by atoms with E-state index in [1.807, 2.05) is 6.07 Å². The number of benzene rings is 1. The number of rotatable bonds is 4. The lowest BCUT2D eigenvalue weighted by molar-refractivity contribution is 0.355. The molecule has 0 aliphatic rings. The highest BCUT2D eigenvalue weighted by molar-refractivity contribution is 7.80. The van der Waals surface area contributed by atoms with Gasteiger partial charge in [0.05, 0.1) is 24.8 Å². The fraction of sp³-hybridized carbons (Fsp3) is 0.167. The van der Waals surface area contributed by atoms with Gasteiger partial charge in [-0.25, -0.2) is 0 Å². The van der Waals surface area contributed by atoms with Gasteiger partial charge in [-0.2, -0.15) is 5.26 Å².